The largest absolute Gasteiger partial charge is 0.270 e. The second kappa shape index (κ2) is 4.64. The molecule has 3 aromatic rings. The fourth-order valence-electron chi connectivity index (χ4n) is 1.86. The van der Waals surface area contributed by atoms with E-state index >= 15 is 0 Å². The van der Waals surface area contributed by atoms with Crippen LogP contribution in [0.4, 0.5) is 5.69 Å². The van der Waals surface area contributed by atoms with Crippen molar-refractivity contribution in [1.82, 2.24) is 19.8 Å². The van der Waals surface area contributed by atoms with E-state index in [-0.39, 0.29) is 11.6 Å². The maximum absolute atomic E-state index is 10.8. The Hall–Kier alpha value is -2.35. The van der Waals surface area contributed by atoms with Gasteiger partial charge in [-0.3, -0.25) is 10.1 Å². The third-order valence-corrected chi connectivity index (χ3v) is 3.78. The van der Waals surface area contributed by atoms with E-state index in [1.165, 1.54) is 23.5 Å². The van der Waals surface area contributed by atoms with E-state index in [4.69, 9.17) is 0 Å². The maximum Gasteiger partial charge on any atom is 0.270 e. The smallest absolute Gasteiger partial charge is 0.258 e. The van der Waals surface area contributed by atoms with E-state index in [0.29, 0.717) is 15.5 Å². The molecule has 2 heterocycles. The van der Waals surface area contributed by atoms with Crippen molar-refractivity contribution >= 4 is 22.0 Å². The van der Waals surface area contributed by atoms with Gasteiger partial charge in [-0.25, -0.2) is 0 Å². The van der Waals surface area contributed by atoms with Gasteiger partial charge in [0.25, 0.3) is 5.69 Å². The number of fused-ring (bicyclic) bond motifs is 1. The van der Waals surface area contributed by atoms with Crippen LogP contribution in [0.2, 0.25) is 0 Å². The molecule has 3 rings (SSSR count). The van der Waals surface area contributed by atoms with Crippen LogP contribution in [0.5, 0.6) is 0 Å². The van der Waals surface area contributed by atoms with Crippen molar-refractivity contribution in [1.29, 1.82) is 0 Å². The number of aromatic nitrogens is 4. The van der Waals surface area contributed by atoms with Crippen LogP contribution in [-0.4, -0.2) is 24.7 Å². The van der Waals surface area contributed by atoms with Gasteiger partial charge in [-0.2, -0.15) is 9.61 Å². The Balaban J connectivity index is 2.10. The van der Waals surface area contributed by atoms with Crippen molar-refractivity contribution in [3.05, 3.63) is 40.2 Å². The summed E-state index contributed by atoms with van der Waals surface area (Å²) < 4.78 is 1.70. The molecule has 0 saturated carbocycles. The van der Waals surface area contributed by atoms with Crippen LogP contribution < -0.4 is 0 Å². The summed E-state index contributed by atoms with van der Waals surface area (Å²) in [4.78, 5) is 11.1. The van der Waals surface area contributed by atoms with Crippen molar-refractivity contribution in [3.63, 3.8) is 0 Å². The van der Waals surface area contributed by atoms with E-state index < -0.39 is 4.92 Å². The lowest BCUT2D eigenvalue weighted by molar-refractivity contribution is -0.384. The highest BCUT2D eigenvalue weighted by molar-refractivity contribution is 7.19. The predicted molar refractivity (Wildman–Crippen MR) is 74.8 cm³/mol. The average Bonchev–Trinajstić information content (AvgIpc) is 2.97. The highest BCUT2D eigenvalue weighted by atomic mass is 32.1. The van der Waals surface area contributed by atoms with Crippen LogP contribution in [0, 0.1) is 10.1 Å². The SMILES string of the molecule is CC(C)c1nnc2sc(-c3cccc([N+](=O)[O-])c3)nn12. The zero-order valence-corrected chi connectivity index (χ0v) is 11.7. The van der Waals surface area contributed by atoms with Gasteiger partial charge in [-0.05, 0) is 0 Å². The highest BCUT2D eigenvalue weighted by Crippen LogP contribution is 2.28. The molecule has 0 N–H and O–H groups in total. The van der Waals surface area contributed by atoms with E-state index in [1.807, 2.05) is 13.8 Å². The number of nitro benzene ring substituents is 1. The number of nitrogens with zero attached hydrogens (tertiary/aromatic N) is 5. The lowest BCUT2D eigenvalue weighted by atomic mass is 10.2. The molecule has 0 aliphatic heterocycles. The minimum absolute atomic E-state index is 0.0533. The molecule has 0 aliphatic rings. The Kier molecular flexibility index (Phi) is 2.94. The maximum atomic E-state index is 10.8. The average molecular weight is 289 g/mol. The third-order valence-electron chi connectivity index (χ3n) is 2.84. The third kappa shape index (κ3) is 2.03. The summed E-state index contributed by atoms with van der Waals surface area (Å²) in [5, 5.41) is 24.1. The normalized spacial score (nSPS) is 11.3. The zero-order chi connectivity index (χ0) is 14.3. The van der Waals surface area contributed by atoms with Gasteiger partial charge in [0.05, 0.1) is 4.92 Å². The Labute approximate surface area is 118 Å². The molecule has 0 aliphatic carbocycles. The van der Waals surface area contributed by atoms with E-state index in [9.17, 15) is 10.1 Å². The van der Waals surface area contributed by atoms with Crippen LogP contribution in [0.25, 0.3) is 15.5 Å². The lowest BCUT2D eigenvalue weighted by Gasteiger charge is -1.98. The number of hydrogen-bond donors (Lipinski definition) is 0. The van der Waals surface area contributed by atoms with Crippen LogP contribution in [0.15, 0.2) is 24.3 Å². The molecule has 0 unspecified atom stereocenters. The van der Waals surface area contributed by atoms with Crippen LogP contribution in [0.1, 0.15) is 25.6 Å². The van der Waals surface area contributed by atoms with Gasteiger partial charge in [-0.15, -0.1) is 10.2 Å². The fraction of sp³-hybridized carbons (Fsp3) is 0.250. The fourth-order valence-corrected chi connectivity index (χ4v) is 2.70. The summed E-state index contributed by atoms with van der Waals surface area (Å²) in [6, 6.07) is 6.43. The van der Waals surface area contributed by atoms with Crippen LogP contribution in [-0.2, 0) is 0 Å². The monoisotopic (exact) mass is 289 g/mol. The number of nitro groups is 1. The first kappa shape index (κ1) is 12.7. The quantitative estimate of drug-likeness (QED) is 0.546. The van der Waals surface area contributed by atoms with Crippen LogP contribution >= 0.6 is 11.3 Å². The molecule has 0 radical (unpaired) electrons. The molecule has 0 amide bonds. The molecule has 0 fully saturated rings. The van der Waals surface area contributed by atoms with Gasteiger partial charge in [0.2, 0.25) is 4.96 Å². The number of hydrogen-bond acceptors (Lipinski definition) is 6. The van der Waals surface area contributed by atoms with E-state index in [0.717, 1.165) is 5.82 Å². The number of benzene rings is 1. The molecule has 0 atom stereocenters. The molecule has 2 aromatic heterocycles. The first-order valence-electron chi connectivity index (χ1n) is 6.03. The molecule has 0 saturated heterocycles. The summed E-state index contributed by atoms with van der Waals surface area (Å²) in [5.41, 5.74) is 0.766. The number of non-ortho nitro benzene ring substituents is 1. The zero-order valence-electron chi connectivity index (χ0n) is 10.8. The lowest BCUT2D eigenvalue weighted by Crippen LogP contribution is -1.98. The Morgan fingerprint density at radius 2 is 2.15 bits per heavy atom. The molecule has 8 heteroatoms. The Morgan fingerprint density at radius 3 is 2.85 bits per heavy atom. The topological polar surface area (TPSA) is 86.2 Å². The summed E-state index contributed by atoms with van der Waals surface area (Å²) >= 11 is 1.36. The molecule has 20 heavy (non-hydrogen) atoms. The summed E-state index contributed by atoms with van der Waals surface area (Å²) in [6.45, 7) is 4.03. The minimum Gasteiger partial charge on any atom is -0.258 e. The van der Waals surface area contributed by atoms with Gasteiger partial charge in [0, 0.05) is 23.6 Å². The molecule has 7 nitrogen and oxygen atoms in total. The second-order valence-electron chi connectivity index (χ2n) is 4.62. The predicted octanol–water partition coefficient (Wildman–Crippen LogP) is 2.88. The summed E-state index contributed by atoms with van der Waals surface area (Å²) in [5.74, 6) is 0.998. The Morgan fingerprint density at radius 1 is 1.35 bits per heavy atom. The van der Waals surface area contributed by atoms with Crippen LogP contribution in [0.3, 0.4) is 0 Å². The molecular formula is C12H11N5O2S. The molecule has 0 spiro atoms. The molecular weight excluding hydrogens is 278 g/mol. The van der Waals surface area contributed by atoms with Gasteiger partial charge in [0.1, 0.15) is 5.01 Å². The second-order valence-corrected chi connectivity index (χ2v) is 5.58. The van der Waals surface area contributed by atoms with Crippen molar-refractivity contribution in [2.45, 2.75) is 19.8 Å². The van der Waals surface area contributed by atoms with Gasteiger partial charge >= 0.3 is 0 Å². The van der Waals surface area contributed by atoms with E-state index in [1.54, 1.807) is 16.6 Å². The molecule has 0 bridgehead atoms. The Bertz CT molecular complexity index is 792. The van der Waals surface area contributed by atoms with Gasteiger partial charge < -0.3 is 0 Å². The minimum atomic E-state index is -0.413. The standard InChI is InChI=1S/C12H11N5O2S/c1-7(2)10-13-14-12-16(10)15-11(20-12)8-4-3-5-9(6-8)17(18)19/h3-7H,1-2H3. The number of rotatable bonds is 3. The van der Waals surface area contributed by atoms with E-state index in [2.05, 4.69) is 15.3 Å². The van der Waals surface area contributed by atoms with Crippen molar-refractivity contribution in [2.75, 3.05) is 0 Å². The molecule has 102 valence electrons. The summed E-state index contributed by atoms with van der Waals surface area (Å²) in [7, 11) is 0. The first-order valence-corrected chi connectivity index (χ1v) is 6.85. The van der Waals surface area contributed by atoms with Gasteiger partial charge in [0.15, 0.2) is 5.82 Å². The summed E-state index contributed by atoms with van der Waals surface area (Å²) in [6.07, 6.45) is 0. The van der Waals surface area contributed by atoms with Crippen molar-refractivity contribution in [2.24, 2.45) is 0 Å². The van der Waals surface area contributed by atoms with Gasteiger partial charge in [-0.1, -0.05) is 37.3 Å². The molecule has 1 aromatic carbocycles. The van der Waals surface area contributed by atoms with Crippen molar-refractivity contribution < 1.29 is 4.92 Å². The van der Waals surface area contributed by atoms with Crippen molar-refractivity contribution in [3.8, 4) is 10.6 Å². The first-order chi connectivity index (χ1) is 9.56. The highest BCUT2D eigenvalue weighted by Gasteiger charge is 2.16.